The molecule has 2 aliphatic rings. The highest BCUT2D eigenvalue weighted by molar-refractivity contribution is 5.81. The number of ether oxygens (including phenoxy) is 2. The van der Waals surface area contributed by atoms with Gasteiger partial charge in [0.1, 0.15) is 6.61 Å². The number of alkyl carbamates (subject to hydrolysis) is 1. The van der Waals surface area contributed by atoms with Gasteiger partial charge in [0.2, 0.25) is 5.91 Å². The lowest BCUT2D eigenvalue weighted by Gasteiger charge is -2.23. The molecule has 0 aromatic heterocycles. The number of hydrogen-bond donors (Lipinski definition) is 3. The number of rotatable bonds is 9. The standard InChI is InChI=1S/C27H32N2O6/c1-16(2)22(25(30)28-13-17-11-12-34-24(17)26(31)32)14-29-27(33)35-15-23-20-9-5-3-7-18(20)19-8-4-6-10-21(19)23/h3-10,16-17,22-24H,11-15H2,1-2H3,(H,28,30)(H,29,33)(H,31,32)/t17-,22?,24-/m1/s1. The second-order valence-electron chi connectivity index (χ2n) is 9.48. The van der Waals surface area contributed by atoms with Crippen molar-refractivity contribution in [2.24, 2.45) is 17.8 Å². The number of benzene rings is 2. The summed E-state index contributed by atoms with van der Waals surface area (Å²) in [5, 5.41) is 14.8. The van der Waals surface area contributed by atoms with E-state index >= 15 is 0 Å². The van der Waals surface area contributed by atoms with Gasteiger partial charge >= 0.3 is 12.1 Å². The first-order valence-electron chi connectivity index (χ1n) is 12.1. The van der Waals surface area contributed by atoms with Gasteiger partial charge in [0.15, 0.2) is 6.10 Å². The Morgan fingerprint density at radius 3 is 2.26 bits per heavy atom. The third kappa shape index (κ3) is 5.48. The van der Waals surface area contributed by atoms with Crippen LogP contribution in [0.4, 0.5) is 4.79 Å². The van der Waals surface area contributed by atoms with E-state index in [2.05, 4.69) is 34.9 Å². The third-order valence-corrected chi connectivity index (χ3v) is 6.95. The van der Waals surface area contributed by atoms with Crippen molar-refractivity contribution in [2.75, 3.05) is 26.3 Å². The summed E-state index contributed by atoms with van der Waals surface area (Å²) in [6, 6.07) is 16.3. The molecular weight excluding hydrogens is 448 g/mol. The molecule has 0 spiro atoms. The van der Waals surface area contributed by atoms with E-state index in [-0.39, 0.29) is 43.4 Å². The van der Waals surface area contributed by atoms with Crippen molar-refractivity contribution in [3.8, 4) is 11.1 Å². The maximum absolute atomic E-state index is 12.8. The summed E-state index contributed by atoms with van der Waals surface area (Å²) in [4.78, 5) is 36.6. The molecular formula is C27H32N2O6. The van der Waals surface area contributed by atoms with E-state index in [9.17, 15) is 19.5 Å². The number of hydrogen-bond acceptors (Lipinski definition) is 5. The third-order valence-electron chi connectivity index (χ3n) is 6.95. The summed E-state index contributed by atoms with van der Waals surface area (Å²) in [6.45, 7) is 4.74. The number of carbonyl (C=O) groups is 3. The fourth-order valence-electron chi connectivity index (χ4n) is 4.95. The molecule has 4 rings (SSSR count). The van der Waals surface area contributed by atoms with Crippen molar-refractivity contribution in [3.05, 3.63) is 59.7 Å². The highest BCUT2D eigenvalue weighted by Gasteiger charge is 2.35. The lowest BCUT2D eigenvalue weighted by Crippen LogP contribution is -2.44. The smallest absolute Gasteiger partial charge is 0.407 e. The molecule has 1 heterocycles. The number of carboxylic acids is 1. The van der Waals surface area contributed by atoms with Crippen LogP contribution in [0.2, 0.25) is 0 Å². The van der Waals surface area contributed by atoms with Crippen molar-refractivity contribution in [1.29, 1.82) is 0 Å². The molecule has 1 fully saturated rings. The van der Waals surface area contributed by atoms with Gasteiger partial charge in [-0.3, -0.25) is 4.79 Å². The monoisotopic (exact) mass is 480 g/mol. The second kappa shape index (κ2) is 10.9. The normalized spacial score (nSPS) is 19.6. The highest BCUT2D eigenvalue weighted by atomic mass is 16.5. The van der Waals surface area contributed by atoms with E-state index in [0.717, 1.165) is 22.3 Å². The zero-order valence-electron chi connectivity index (χ0n) is 20.0. The lowest BCUT2D eigenvalue weighted by molar-refractivity contribution is -0.149. The molecule has 186 valence electrons. The molecule has 35 heavy (non-hydrogen) atoms. The van der Waals surface area contributed by atoms with Crippen LogP contribution >= 0.6 is 0 Å². The molecule has 1 unspecified atom stereocenters. The Kier molecular flexibility index (Phi) is 7.70. The maximum Gasteiger partial charge on any atom is 0.407 e. The molecule has 2 aromatic carbocycles. The molecule has 1 saturated heterocycles. The fourth-order valence-corrected chi connectivity index (χ4v) is 4.95. The molecule has 2 aromatic rings. The minimum absolute atomic E-state index is 0.0287. The summed E-state index contributed by atoms with van der Waals surface area (Å²) in [7, 11) is 0. The SMILES string of the molecule is CC(C)C(CNC(=O)OCC1c2ccccc2-c2ccccc21)C(=O)NC[C@H]1CCO[C@H]1C(=O)O. The van der Waals surface area contributed by atoms with E-state index in [4.69, 9.17) is 9.47 Å². The number of carboxylic acid groups (broad SMARTS) is 1. The first-order chi connectivity index (χ1) is 16.9. The minimum Gasteiger partial charge on any atom is -0.479 e. The van der Waals surface area contributed by atoms with Gasteiger partial charge in [-0.05, 0) is 34.6 Å². The average molecular weight is 481 g/mol. The molecule has 0 radical (unpaired) electrons. The van der Waals surface area contributed by atoms with Gasteiger partial charge in [-0.15, -0.1) is 0 Å². The Morgan fingerprint density at radius 1 is 1.03 bits per heavy atom. The summed E-state index contributed by atoms with van der Waals surface area (Å²) < 4.78 is 10.8. The van der Waals surface area contributed by atoms with Gasteiger partial charge in [-0.1, -0.05) is 62.4 Å². The van der Waals surface area contributed by atoms with Crippen LogP contribution in [0, 0.1) is 17.8 Å². The molecule has 0 bridgehead atoms. The van der Waals surface area contributed by atoms with E-state index < -0.39 is 24.1 Å². The number of fused-ring (bicyclic) bond motifs is 3. The van der Waals surface area contributed by atoms with Gasteiger partial charge < -0.3 is 25.2 Å². The van der Waals surface area contributed by atoms with Crippen molar-refractivity contribution in [1.82, 2.24) is 10.6 Å². The van der Waals surface area contributed by atoms with Crippen molar-refractivity contribution >= 4 is 18.0 Å². The summed E-state index contributed by atoms with van der Waals surface area (Å²) >= 11 is 0. The Labute approximate surface area is 205 Å². The second-order valence-corrected chi connectivity index (χ2v) is 9.48. The van der Waals surface area contributed by atoms with Crippen LogP contribution in [0.1, 0.15) is 37.3 Å². The summed E-state index contributed by atoms with van der Waals surface area (Å²) in [5.41, 5.74) is 4.59. The Hall–Kier alpha value is -3.39. The summed E-state index contributed by atoms with van der Waals surface area (Å²) in [6.07, 6.45) is -0.881. The van der Waals surface area contributed by atoms with E-state index in [1.807, 2.05) is 38.1 Å². The highest BCUT2D eigenvalue weighted by Crippen LogP contribution is 2.44. The number of carbonyl (C=O) groups excluding carboxylic acids is 2. The van der Waals surface area contributed by atoms with Gasteiger partial charge in [-0.25, -0.2) is 9.59 Å². The molecule has 1 aliphatic carbocycles. The predicted octanol–water partition coefficient (Wildman–Crippen LogP) is 3.40. The molecule has 3 atom stereocenters. The average Bonchev–Trinajstić information content (AvgIpc) is 3.44. The van der Waals surface area contributed by atoms with Crippen molar-refractivity contribution in [3.63, 3.8) is 0 Å². The van der Waals surface area contributed by atoms with Crippen molar-refractivity contribution < 1.29 is 29.0 Å². The Balaban J connectivity index is 1.29. The van der Waals surface area contributed by atoms with Crippen LogP contribution in [-0.2, 0) is 19.1 Å². The van der Waals surface area contributed by atoms with Crippen LogP contribution in [-0.4, -0.2) is 55.5 Å². The summed E-state index contributed by atoms with van der Waals surface area (Å²) in [5.74, 6) is -2.04. The first-order valence-corrected chi connectivity index (χ1v) is 12.1. The van der Waals surface area contributed by atoms with E-state index in [1.54, 1.807) is 0 Å². The number of nitrogens with one attached hydrogen (secondary N) is 2. The van der Waals surface area contributed by atoms with E-state index in [1.165, 1.54) is 0 Å². The quantitative estimate of drug-likeness (QED) is 0.507. The van der Waals surface area contributed by atoms with Gasteiger partial charge in [0, 0.05) is 31.5 Å². The molecule has 0 saturated carbocycles. The van der Waals surface area contributed by atoms with Crippen LogP contribution in [0.5, 0.6) is 0 Å². The van der Waals surface area contributed by atoms with Gasteiger partial charge in [-0.2, -0.15) is 0 Å². The zero-order chi connectivity index (χ0) is 24.9. The minimum atomic E-state index is -1.01. The van der Waals surface area contributed by atoms with Gasteiger partial charge in [0.25, 0.3) is 0 Å². The number of aliphatic carboxylic acids is 1. The van der Waals surface area contributed by atoms with Crippen molar-refractivity contribution in [2.45, 2.75) is 32.3 Å². The largest absolute Gasteiger partial charge is 0.479 e. The Morgan fingerprint density at radius 2 is 1.66 bits per heavy atom. The van der Waals surface area contributed by atoms with E-state index in [0.29, 0.717) is 13.0 Å². The van der Waals surface area contributed by atoms with Crippen LogP contribution in [0.3, 0.4) is 0 Å². The first kappa shape index (κ1) is 24.7. The topological polar surface area (TPSA) is 114 Å². The predicted molar refractivity (Wildman–Crippen MR) is 130 cm³/mol. The van der Waals surface area contributed by atoms with Gasteiger partial charge in [0.05, 0.1) is 5.92 Å². The number of amides is 2. The fraction of sp³-hybridized carbons (Fsp3) is 0.444. The molecule has 3 N–H and O–H groups in total. The van der Waals surface area contributed by atoms with Crippen LogP contribution in [0.15, 0.2) is 48.5 Å². The Bertz CT molecular complexity index is 1040. The zero-order valence-corrected chi connectivity index (χ0v) is 20.0. The molecule has 8 heteroatoms. The molecule has 1 aliphatic heterocycles. The van der Waals surface area contributed by atoms with Crippen LogP contribution < -0.4 is 10.6 Å². The molecule has 2 amide bonds. The lowest BCUT2D eigenvalue weighted by atomic mass is 9.94. The van der Waals surface area contributed by atoms with Crippen LogP contribution in [0.25, 0.3) is 11.1 Å². The molecule has 8 nitrogen and oxygen atoms in total. The maximum atomic E-state index is 12.8.